The van der Waals surface area contributed by atoms with Gasteiger partial charge in [0.05, 0.1) is 18.8 Å². The highest BCUT2D eigenvalue weighted by Gasteiger charge is 2.51. The van der Waals surface area contributed by atoms with Crippen molar-refractivity contribution in [3.8, 4) is 11.8 Å². The van der Waals surface area contributed by atoms with Crippen molar-refractivity contribution in [2.24, 2.45) is 0 Å². The molecule has 0 saturated heterocycles. The van der Waals surface area contributed by atoms with Gasteiger partial charge >= 0.3 is 5.97 Å². The molecule has 1 aromatic carbocycles. The van der Waals surface area contributed by atoms with E-state index in [1.54, 1.807) is 30.3 Å². The van der Waals surface area contributed by atoms with Gasteiger partial charge in [0.1, 0.15) is 0 Å². The number of aliphatic carboxylic acids is 1. The summed E-state index contributed by atoms with van der Waals surface area (Å²) in [5.41, 5.74) is -1.50. The molecule has 0 aliphatic heterocycles. The molecule has 0 radical (unpaired) electrons. The third kappa shape index (κ3) is 8.38. The van der Waals surface area contributed by atoms with E-state index in [1.165, 1.54) is 12.4 Å². The molecule has 0 bridgehead atoms. The Morgan fingerprint density at radius 1 is 0.975 bits per heavy atom. The molecule has 0 saturated carbocycles. The minimum Gasteiger partial charge on any atom is -0.479 e. The number of carbonyl (C=O) groups is 3. The van der Waals surface area contributed by atoms with Gasteiger partial charge in [-0.3, -0.25) is 14.5 Å². The van der Waals surface area contributed by atoms with Crippen LogP contribution in [0.3, 0.4) is 0 Å². The molecular weight excluding hydrogens is 546 g/mol. The first-order valence-electron chi connectivity index (χ1n) is 12.1. The molecule has 0 aliphatic carbocycles. The zero-order valence-corrected chi connectivity index (χ0v) is 22.5. The first kappa shape index (κ1) is 32.5. The SMILES string of the molecule is CS(=O)(=O)c1ncc(C#CCCCC[C@](Cc2ccccc2)(C(=O)O)N(C(=O)C(O)CO)C(=O)C(O)CO)cn1. The van der Waals surface area contributed by atoms with Crippen molar-refractivity contribution in [2.75, 3.05) is 19.5 Å². The van der Waals surface area contributed by atoms with Crippen LogP contribution in [0.5, 0.6) is 0 Å². The van der Waals surface area contributed by atoms with Gasteiger partial charge in [-0.05, 0) is 24.8 Å². The van der Waals surface area contributed by atoms with E-state index in [0.717, 1.165) is 6.26 Å². The second kappa shape index (κ2) is 14.6. The highest BCUT2D eigenvalue weighted by Crippen LogP contribution is 2.30. The largest absolute Gasteiger partial charge is 0.479 e. The summed E-state index contributed by atoms with van der Waals surface area (Å²) >= 11 is 0. The number of aliphatic hydroxyl groups is 4. The standard InChI is InChI=1S/C26H31N3O10S/c1-40(38,39)25-27-14-19(15-28-25)11-5-2-3-8-12-26(24(36)37,13-18-9-6-4-7-10-18)29(22(34)20(32)16-30)23(35)21(33)17-31/h4,6-7,9-10,14-15,20-21,30-33H,2-3,8,12-13,16-17H2,1H3,(H,36,37)/t20?,21?,26-/m0/s1. The monoisotopic (exact) mass is 577 g/mol. The Labute approximate surface area is 231 Å². The number of carbonyl (C=O) groups excluding carboxylic acids is 2. The van der Waals surface area contributed by atoms with E-state index in [1.807, 2.05) is 0 Å². The molecule has 5 N–H and O–H groups in total. The maximum Gasteiger partial charge on any atom is 0.330 e. The maximum absolute atomic E-state index is 13.0. The summed E-state index contributed by atoms with van der Waals surface area (Å²) in [5.74, 6) is 1.13. The highest BCUT2D eigenvalue weighted by molar-refractivity contribution is 7.90. The number of aliphatic hydroxyl groups excluding tert-OH is 4. The Balaban J connectivity index is 2.34. The molecule has 14 heteroatoms. The number of rotatable bonds is 13. The highest BCUT2D eigenvalue weighted by atomic mass is 32.2. The summed E-state index contributed by atoms with van der Waals surface area (Å²) in [6.07, 6.45) is -0.836. The first-order valence-corrected chi connectivity index (χ1v) is 14.0. The number of amides is 2. The first-order chi connectivity index (χ1) is 18.9. The van der Waals surface area contributed by atoms with Crippen LogP contribution in [0.4, 0.5) is 0 Å². The summed E-state index contributed by atoms with van der Waals surface area (Å²) in [6.45, 7) is -2.22. The maximum atomic E-state index is 13.0. The Hall–Kier alpha value is -3.74. The second-order valence-corrected chi connectivity index (χ2v) is 10.9. The van der Waals surface area contributed by atoms with Crippen LogP contribution >= 0.6 is 0 Å². The summed E-state index contributed by atoms with van der Waals surface area (Å²) in [7, 11) is -3.56. The summed E-state index contributed by atoms with van der Waals surface area (Å²) in [4.78, 5) is 46.5. The number of aromatic nitrogens is 2. The van der Waals surface area contributed by atoms with Crippen LogP contribution in [0.1, 0.15) is 36.8 Å². The average Bonchev–Trinajstić information content (AvgIpc) is 2.93. The van der Waals surface area contributed by atoms with Gasteiger partial charge in [0.25, 0.3) is 11.8 Å². The number of nitrogens with zero attached hydrogens (tertiary/aromatic N) is 3. The van der Waals surface area contributed by atoms with Gasteiger partial charge in [-0.25, -0.2) is 23.2 Å². The van der Waals surface area contributed by atoms with Crippen LogP contribution in [0.15, 0.2) is 47.9 Å². The average molecular weight is 578 g/mol. The van der Waals surface area contributed by atoms with E-state index in [9.17, 15) is 48.3 Å². The van der Waals surface area contributed by atoms with Gasteiger partial charge in [0.15, 0.2) is 17.7 Å². The zero-order valence-electron chi connectivity index (χ0n) is 21.7. The van der Waals surface area contributed by atoms with Gasteiger partial charge in [-0.15, -0.1) is 0 Å². The summed E-state index contributed by atoms with van der Waals surface area (Å²) in [6, 6.07) is 8.10. The Morgan fingerprint density at radius 3 is 2.00 bits per heavy atom. The number of hydrogen-bond acceptors (Lipinski definition) is 11. The van der Waals surface area contributed by atoms with Crippen LogP contribution in [-0.4, -0.2) is 104 Å². The third-order valence-electron chi connectivity index (χ3n) is 5.86. The fourth-order valence-corrected chi connectivity index (χ4v) is 4.33. The number of sulfone groups is 1. The molecule has 2 unspecified atom stereocenters. The lowest BCUT2D eigenvalue weighted by molar-refractivity contribution is -0.176. The molecule has 0 aliphatic rings. The van der Waals surface area contributed by atoms with E-state index < -0.39 is 58.6 Å². The lowest BCUT2D eigenvalue weighted by Gasteiger charge is -2.41. The molecule has 1 heterocycles. The quantitative estimate of drug-likeness (QED) is 0.109. The van der Waals surface area contributed by atoms with Crippen molar-refractivity contribution in [2.45, 2.75) is 55.0 Å². The van der Waals surface area contributed by atoms with Crippen LogP contribution in [0.25, 0.3) is 0 Å². The van der Waals surface area contributed by atoms with Gasteiger partial charge in [0.2, 0.25) is 15.0 Å². The van der Waals surface area contributed by atoms with Crippen molar-refractivity contribution in [3.63, 3.8) is 0 Å². The molecule has 1 aromatic heterocycles. The predicted octanol–water partition coefficient (Wildman–Crippen LogP) is -1.08. The second-order valence-electron chi connectivity index (χ2n) is 8.94. The lowest BCUT2D eigenvalue weighted by Crippen LogP contribution is -2.65. The smallest absolute Gasteiger partial charge is 0.330 e. The molecule has 40 heavy (non-hydrogen) atoms. The van der Waals surface area contributed by atoms with Crippen molar-refractivity contribution in [1.29, 1.82) is 0 Å². The number of carboxylic acids is 1. The lowest BCUT2D eigenvalue weighted by atomic mass is 9.82. The van der Waals surface area contributed by atoms with E-state index >= 15 is 0 Å². The molecule has 2 aromatic rings. The van der Waals surface area contributed by atoms with Crippen molar-refractivity contribution >= 4 is 27.6 Å². The van der Waals surface area contributed by atoms with Crippen molar-refractivity contribution in [1.82, 2.24) is 14.9 Å². The predicted molar refractivity (Wildman–Crippen MR) is 139 cm³/mol. The topological polar surface area (TPSA) is 216 Å². The van der Waals surface area contributed by atoms with Crippen LogP contribution in [0.2, 0.25) is 0 Å². The van der Waals surface area contributed by atoms with Gasteiger partial charge in [0, 0.05) is 31.5 Å². The summed E-state index contributed by atoms with van der Waals surface area (Å²) < 4.78 is 22.9. The van der Waals surface area contributed by atoms with E-state index in [2.05, 4.69) is 21.8 Å². The van der Waals surface area contributed by atoms with Gasteiger partial charge in [-0.2, -0.15) is 0 Å². The Bertz CT molecular complexity index is 1320. The van der Waals surface area contributed by atoms with Gasteiger partial charge in [-0.1, -0.05) is 42.2 Å². The fraction of sp³-hybridized carbons (Fsp3) is 0.423. The zero-order chi connectivity index (χ0) is 29.9. The Kier molecular flexibility index (Phi) is 11.8. The molecular formula is C26H31N3O10S. The number of imide groups is 1. The van der Waals surface area contributed by atoms with E-state index in [-0.39, 0.29) is 35.7 Å². The number of hydrogen-bond donors (Lipinski definition) is 5. The summed E-state index contributed by atoms with van der Waals surface area (Å²) in [5, 5.41) is 48.7. The minimum absolute atomic E-state index is 0.124. The molecule has 0 spiro atoms. The number of benzene rings is 1. The van der Waals surface area contributed by atoms with Crippen LogP contribution < -0.4 is 0 Å². The molecule has 3 atom stereocenters. The number of carboxylic acid groups (broad SMARTS) is 1. The van der Waals surface area contributed by atoms with E-state index in [0.29, 0.717) is 17.5 Å². The molecule has 2 rings (SSSR count). The normalized spacial score (nSPS) is 14.2. The van der Waals surface area contributed by atoms with Crippen molar-refractivity contribution < 1.29 is 48.3 Å². The molecule has 216 valence electrons. The van der Waals surface area contributed by atoms with E-state index in [4.69, 9.17) is 0 Å². The molecule has 0 fully saturated rings. The third-order valence-corrected chi connectivity index (χ3v) is 6.73. The van der Waals surface area contributed by atoms with Crippen molar-refractivity contribution in [3.05, 3.63) is 53.9 Å². The minimum atomic E-state index is -3.56. The number of unbranched alkanes of at least 4 members (excludes halogenated alkanes) is 2. The molecule has 2 amide bonds. The Morgan fingerprint density at radius 2 is 1.52 bits per heavy atom. The molecule has 13 nitrogen and oxygen atoms in total. The van der Waals surface area contributed by atoms with Crippen LogP contribution in [-0.2, 0) is 30.6 Å². The van der Waals surface area contributed by atoms with Gasteiger partial charge < -0.3 is 25.5 Å². The fourth-order valence-electron chi connectivity index (χ4n) is 3.84. The van der Waals surface area contributed by atoms with Crippen LogP contribution in [0, 0.1) is 11.8 Å².